The van der Waals surface area contributed by atoms with Crippen LogP contribution in [0.25, 0.3) is 0 Å². The minimum Gasteiger partial charge on any atom is -0.497 e. The minimum absolute atomic E-state index is 0.0807. The zero-order valence-electron chi connectivity index (χ0n) is 13.2. The van der Waals surface area contributed by atoms with E-state index in [9.17, 15) is 4.79 Å². The quantitative estimate of drug-likeness (QED) is 0.875. The highest BCUT2D eigenvalue weighted by Gasteiger charge is 2.19. The average Bonchev–Trinajstić information content (AvgIpc) is 2.50. The van der Waals surface area contributed by atoms with Crippen molar-refractivity contribution in [2.75, 3.05) is 12.4 Å². The predicted molar refractivity (Wildman–Crippen MR) is 85.8 cm³/mol. The van der Waals surface area contributed by atoms with Gasteiger partial charge in [0.15, 0.2) is 0 Å². The van der Waals surface area contributed by atoms with E-state index in [4.69, 9.17) is 4.74 Å². The number of hydrogen-bond acceptors (Lipinski definition) is 3. The van der Waals surface area contributed by atoms with E-state index in [1.165, 1.54) is 19.3 Å². The molecule has 1 unspecified atom stereocenters. The fourth-order valence-electron chi connectivity index (χ4n) is 2.80. The molecule has 1 aliphatic carbocycles. The maximum atomic E-state index is 12.3. The lowest BCUT2D eigenvalue weighted by atomic mass is 9.95. The van der Waals surface area contributed by atoms with E-state index < -0.39 is 0 Å². The van der Waals surface area contributed by atoms with Crippen molar-refractivity contribution in [1.82, 2.24) is 5.32 Å². The van der Waals surface area contributed by atoms with Crippen molar-refractivity contribution in [2.24, 2.45) is 0 Å². The van der Waals surface area contributed by atoms with Gasteiger partial charge in [-0.25, -0.2) is 0 Å². The van der Waals surface area contributed by atoms with Gasteiger partial charge in [0.2, 0.25) is 5.91 Å². The fraction of sp³-hybridized carbons (Fsp3) is 0.588. The maximum absolute atomic E-state index is 12.3. The first-order chi connectivity index (χ1) is 10.1. The molecule has 1 fully saturated rings. The molecule has 0 saturated heterocycles. The van der Waals surface area contributed by atoms with E-state index in [1.54, 1.807) is 7.11 Å². The zero-order valence-corrected chi connectivity index (χ0v) is 13.2. The first-order valence-corrected chi connectivity index (χ1v) is 7.81. The summed E-state index contributed by atoms with van der Waals surface area (Å²) in [6.07, 6.45) is 5.97. The molecular weight excluding hydrogens is 264 g/mol. The number of amides is 1. The lowest BCUT2D eigenvalue weighted by Crippen LogP contribution is -2.44. The van der Waals surface area contributed by atoms with Crippen LogP contribution in [0.5, 0.6) is 5.75 Å². The molecule has 4 nitrogen and oxygen atoms in total. The molecule has 2 rings (SSSR count). The molecule has 2 N–H and O–H groups in total. The third-order valence-corrected chi connectivity index (χ3v) is 4.15. The van der Waals surface area contributed by atoms with Crippen LogP contribution < -0.4 is 15.4 Å². The molecule has 116 valence electrons. The molecular formula is C17H26N2O2. The minimum atomic E-state index is -0.237. The van der Waals surface area contributed by atoms with Crippen molar-refractivity contribution in [2.45, 2.75) is 58.0 Å². The molecule has 1 aromatic carbocycles. The van der Waals surface area contributed by atoms with Crippen LogP contribution in [0, 0.1) is 6.92 Å². The van der Waals surface area contributed by atoms with Crippen LogP contribution in [-0.4, -0.2) is 25.1 Å². The molecule has 1 aliphatic rings. The van der Waals surface area contributed by atoms with Crippen LogP contribution in [0.4, 0.5) is 5.69 Å². The van der Waals surface area contributed by atoms with E-state index in [1.807, 2.05) is 32.0 Å². The Balaban J connectivity index is 1.90. The fourth-order valence-corrected chi connectivity index (χ4v) is 2.80. The number of anilines is 1. The number of carbonyl (C=O) groups excluding carboxylic acids is 1. The van der Waals surface area contributed by atoms with Crippen LogP contribution >= 0.6 is 0 Å². The molecule has 1 amide bonds. The van der Waals surface area contributed by atoms with Gasteiger partial charge in [-0.3, -0.25) is 4.79 Å². The topological polar surface area (TPSA) is 50.4 Å². The van der Waals surface area contributed by atoms with Crippen LogP contribution in [0.2, 0.25) is 0 Å². The van der Waals surface area contributed by atoms with Crippen LogP contribution in [0.3, 0.4) is 0 Å². The summed E-state index contributed by atoms with van der Waals surface area (Å²) in [5.41, 5.74) is 2.05. The SMILES string of the molecule is COc1ccc(NC(C)C(=O)NC2CCCCC2)c(C)c1. The second-order valence-electron chi connectivity index (χ2n) is 5.89. The van der Waals surface area contributed by atoms with Gasteiger partial charge >= 0.3 is 0 Å². The summed E-state index contributed by atoms with van der Waals surface area (Å²) in [7, 11) is 1.65. The summed E-state index contributed by atoms with van der Waals surface area (Å²) in [6, 6.07) is 5.94. The van der Waals surface area contributed by atoms with Gasteiger partial charge in [-0.15, -0.1) is 0 Å². The van der Waals surface area contributed by atoms with Gasteiger partial charge in [0.25, 0.3) is 0 Å². The Labute approximate surface area is 127 Å². The maximum Gasteiger partial charge on any atom is 0.242 e. The largest absolute Gasteiger partial charge is 0.497 e. The number of methoxy groups -OCH3 is 1. The molecule has 1 atom stereocenters. The molecule has 0 heterocycles. The van der Waals surface area contributed by atoms with E-state index in [-0.39, 0.29) is 11.9 Å². The smallest absolute Gasteiger partial charge is 0.242 e. The number of rotatable bonds is 5. The Morgan fingerprint density at radius 2 is 2.00 bits per heavy atom. The Bertz CT molecular complexity index is 482. The molecule has 21 heavy (non-hydrogen) atoms. The Morgan fingerprint density at radius 3 is 2.62 bits per heavy atom. The Morgan fingerprint density at radius 1 is 1.29 bits per heavy atom. The number of nitrogens with one attached hydrogen (secondary N) is 2. The summed E-state index contributed by atoms with van der Waals surface area (Å²) in [5.74, 6) is 0.912. The molecule has 0 aromatic heterocycles. The standard InChI is InChI=1S/C17H26N2O2/c1-12-11-15(21-3)9-10-16(12)18-13(2)17(20)19-14-7-5-4-6-8-14/h9-11,13-14,18H,4-8H2,1-3H3,(H,19,20). The predicted octanol–water partition coefficient (Wildman–Crippen LogP) is 3.25. The van der Waals surface area contributed by atoms with E-state index in [2.05, 4.69) is 10.6 Å². The molecule has 1 aromatic rings. The van der Waals surface area contributed by atoms with Crippen molar-refractivity contribution >= 4 is 11.6 Å². The Kier molecular flexibility index (Phi) is 5.48. The average molecular weight is 290 g/mol. The summed E-state index contributed by atoms with van der Waals surface area (Å²) in [6.45, 7) is 3.92. The van der Waals surface area contributed by atoms with Crippen molar-refractivity contribution in [3.8, 4) is 5.75 Å². The highest BCUT2D eigenvalue weighted by molar-refractivity contribution is 5.84. The van der Waals surface area contributed by atoms with Gasteiger partial charge < -0.3 is 15.4 Å². The van der Waals surface area contributed by atoms with Crippen molar-refractivity contribution in [1.29, 1.82) is 0 Å². The second kappa shape index (κ2) is 7.34. The van der Waals surface area contributed by atoms with E-state index >= 15 is 0 Å². The summed E-state index contributed by atoms with van der Waals surface area (Å²) in [4.78, 5) is 12.3. The van der Waals surface area contributed by atoms with Gasteiger partial charge in [-0.1, -0.05) is 19.3 Å². The highest BCUT2D eigenvalue weighted by Crippen LogP contribution is 2.22. The van der Waals surface area contributed by atoms with Crippen LogP contribution in [0.1, 0.15) is 44.6 Å². The first kappa shape index (κ1) is 15.7. The molecule has 0 spiro atoms. The van der Waals surface area contributed by atoms with Crippen molar-refractivity contribution < 1.29 is 9.53 Å². The van der Waals surface area contributed by atoms with Crippen LogP contribution in [0.15, 0.2) is 18.2 Å². The molecule has 4 heteroatoms. The van der Waals surface area contributed by atoms with Gasteiger partial charge in [0, 0.05) is 11.7 Å². The van der Waals surface area contributed by atoms with E-state index in [0.29, 0.717) is 6.04 Å². The first-order valence-electron chi connectivity index (χ1n) is 7.81. The molecule has 0 radical (unpaired) electrons. The number of ether oxygens (including phenoxy) is 1. The van der Waals surface area contributed by atoms with Gasteiger partial charge in [-0.2, -0.15) is 0 Å². The summed E-state index contributed by atoms with van der Waals surface area (Å²) < 4.78 is 5.20. The third-order valence-electron chi connectivity index (χ3n) is 4.15. The Hall–Kier alpha value is -1.71. The van der Waals surface area contributed by atoms with E-state index in [0.717, 1.165) is 29.8 Å². The number of carbonyl (C=O) groups is 1. The summed E-state index contributed by atoms with van der Waals surface area (Å²) >= 11 is 0. The number of benzene rings is 1. The lowest BCUT2D eigenvalue weighted by molar-refractivity contribution is -0.122. The zero-order chi connectivity index (χ0) is 15.2. The lowest BCUT2D eigenvalue weighted by Gasteiger charge is -2.25. The summed E-state index contributed by atoms with van der Waals surface area (Å²) in [5, 5.41) is 6.44. The number of aryl methyl sites for hydroxylation is 1. The highest BCUT2D eigenvalue weighted by atomic mass is 16.5. The normalized spacial score (nSPS) is 17.1. The molecule has 0 aliphatic heterocycles. The van der Waals surface area contributed by atoms with Crippen molar-refractivity contribution in [3.05, 3.63) is 23.8 Å². The van der Waals surface area contributed by atoms with Crippen LogP contribution in [-0.2, 0) is 4.79 Å². The van der Waals surface area contributed by atoms with Gasteiger partial charge in [-0.05, 0) is 50.5 Å². The third kappa shape index (κ3) is 4.38. The molecule has 1 saturated carbocycles. The van der Waals surface area contributed by atoms with Crippen molar-refractivity contribution in [3.63, 3.8) is 0 Å². The second-order valence-corrected chi connectivity index (χ2v) is 5.89. The number of hydrogen-bond donors (Lipinski definition) is 2. The van der Waals surface area contributed by atoms with Gasteiger partial charge in [0.05, 0.1) is 7.11 Å². The monoisotopic (exact) mass is 290 g/mol. The van der Waals surface area contributed by atoms with Gasteiger partial charge in [0.1, 0.15) is 11.8 Å². The molecule has 0 bridgehead atoms.